The van der Waals surface area contributed by atoms with Crippen LogP contribution in [0, 0.1) is 5.82 Å². The molecule has 2 heterocycles. The maximum atomic E-state index is 13.4. The van der Waals surface area contributed by atoms with Gasteiger partial charge in [-0.2, -0.15) is 0 Å². The number of benzene rings is 2. The van der Waals surface area contributed by atoms with Crippen LogP contribution in [0.25, 0.3) is 0 Å². The minimum absolute atomic E-state index is 0.0415. The Morgan fingerprint density at radius 2 is 1.93 bits per heavy atom. The predicted molar refractivity (Wildman–Crippen MR) is 117 cm³/mol. The van der Waals surface area contributed by atoms with Crippen LogP contribution in [0.5, 0.6) is 0 Å². The van der Waals surface area contributed by atoms with Crippen molar-refractivity contribution in [2.75, 3.05) is 6.54 Å². The van der Waals surface area contributed by atoms with Gasteiger partial charge in [0.1, 0.15) is 5.82 Å². The zero-order chi connectivity index (χ0) is 20.9. The third-order valence-electron chi connectivity index (χ3n) is 4.97. The number of rotatable bonds is 7. The Kier molecular flexibility index (Phi) is 6.16. The molecule has 2 N–H and O–H groups in total. The topological polar surface area (TPSA) is 69.9 Å². The first-order chi connectivity index (χ1) is 14.6. The first-order valence-electron chi connectivity index (χ1n) is 9.58. The van der Waals surface area contributed by atoms with Crippen molar-refractivity contribution in [3.8, 4) is 0 Å². The normalized spacial score (nSPS) is 13.3. The molecule has 152 valence electrons. The minimum Gasteiger partial charge on any atom is -0.411 e. The van der Waals surface area contributed by atoms with Gasteiger partial charge in [0.05, 0.1) is 10.7 Å². The van der Waals surface area contributed by atoms with E-state index in [9.17, 15) is 9.60 Å². The lowest BCUT2D eigenvalue weighted by atomic mass is 9.97. The SMILES string of the molecule is O/N=C(\Cc1ccc(F)c(Cl)c1)c1ccnc2c1CC(CNCc1ccccc1)=N2. The molecule has 0 atom stereocenters. The van der Waals surface area contributed by atoms with Crippen LogP contribution in [0.2, 0.25) is 5.02 Å². The van der Waals surface area contributed by atoms with Gasteiger partial charge in [-0.15, -0.1) is 0 Å². The van der Waals surface area contributed by atoms with E-state index >= 15 is 0 Å². The Balaban J connectivity index is 1.46. The molecule has 0 radical (unpaired) electrons. The molecular weight excluding hydrogens is 403 g/mol. The van der Waals surface area contributed by atoms with Crippen molar-refractivity contribution in [2.24, 2.45) is 10.1 Å². The average Bonchev–Trinajstić information content (AvgIpc) is 3.18. The largest absolute Gasteiger partial charge is 0.411 e. The van der Waals surface area contributed by atoms with Crippen LogP contribution in [-0.4, -0.2) is 28.2 Å². The van der Waals surface area contributed by atoms with Crippen molar-refractivity contribution < 1.29 is 9.60 Å². The predicted octanol–water partition coefficient (Wildman–Crippen LogP) is 4.71. The Bertz CT molecular complexity index is 1120. The molecule has 0 aliphatic carbocycles. The van der Waals surface area contributed by atoms with Crippen molar-refractivity contribution >= 4 is 28.8 Å². The Labute approximate surface area is 179 Å². The third kappa shape index (κ3) is 4.56. The summed E-state index contributed by atoms with van der Waals surface area (Å²) in [5.41, 5.74) is 5.11. The average molecular weight is 423 g/mol. The fourth-order valence-electron chi connectivity index (χ4n) is 3.49. The second-order valence-corrected chi connectivity index (χ2v) is 7.48. The number of halogens is 2. The summed E-state index contributed by atoms with van der Waals surface area (Å²) in [4.78, 5) is 8.99. The van der Waals surface area contributed by atoms with Crippen molar-refractivity contribution in [3.63, 3.8) is 0 Å². The lowest BCUT2D eigenvalue weighted by Gasteiger charge is -2.10. The summed E-state index contributed by atoms with van der Waals surface area (Å²) in [6.07, 6.45) is 2.60. The van der Waals surface area contributed by atoms with E-state index in [-0.39, 0.29) is 5.02 Å². The number of fused-ring (bicyclic) bond motifs is 1. The first-order valence-corrected chi connectivity index (χ1v) is 9.96. The van der Waals surface area contributed by atoms with E-state index in [4.69, 9.17) is 11.6 Å². The number of oxime groups is 1. The summed E-state index contributed by atoms with van der Waals surface area (Å²) >= 11 is 5.88. The van der Waals surface area contributed by atoms with Crippen LogP contribution in [-0.2, 0) is 19.4 Å². The fraction of sp³-hybridized carbons (Fsp3) is 0.174. The van der Waals surface area contributed by atoms with Crippen LogP contribution >= 0.6 is 11.6 Å². The van der Waals surface area contributed by atoms with Gasteiger partial charge >= 0.3 is 0 Å². The summed E-state index contributed by atoms with van der Waals surface area (Å²) in [5.74, 6) is 0.163. The number of hydrogen-bond acceptors (Lipinski definition) is 5. The number of nitrogens with zero attached hydrogens (tertiary/aromatic N) is 3. The summed E-state index contributed by atoms with van der Waals surface area (Å²) < 4.78 is 13.4. The van der Waals surface area contributed by atoms with Crippen molar-refractivity contribution in [1.29, 1.82) is 0 Å². The fourth-order valence-corrected chi connectivity index (χ4v) is 3.70. The molecule has 4 rings (SSSR count). The maximum absolute atomic E-state index is 13.4. The molecule has 0 saturated heterocycles. The molecule has 7 heteroatoms. The molecule has 1 aliphatic rings. The second kappa shape index (κ2) is 9.15. The quantitative estimate of drug-likeness (QED) is 0.329. The molecule has 0 spiro atoms. The lowest BCUT2D eigenvalue weighted by Crippen LogP contribution is -2.23. The van der Waals surface area contributed by atoms with Gasteiger partial charge in [0.25, 0.3) is 0 Å². The number of aromatic nitrogens is 1. The molecule has 0 amide bonds. The lowest BCUT2D eigenvalue weighted by molar-refractivity contribution is 0.318. The summed E-state index contributed by atoms with van der Waals surface area (Å²) in [6, 6.07) is 16.5. The van der Waals surface area contributed by atoms with Crippen LogP contribution in [0.3, 0.4) is 0 Å². The van der Waals surface area contributed by atoms with Gasteiger partial charge in [0.2, 0.25) is 0 Å². The van der Waals surface area contributed by atoms with Crippen LogP contribution in [0.4, 0.5) is 10.2 Å². The standard InChI is InChI=1S/C23H20ClFN4O/c24-20-10-16(6-7-21(20)25)11-22(29-30)18-8-9-27-23-19(18)12-17(28-23)14-26-13-15-4-2-1-3-5-15/h1-10,26,30H,11-14H2/b29-22+. The molecule has 1 aromatic heterocycles. The molecule has 30 heavy (non-hydrogen) atoms. The Morgan fingerprint density at radius 1 is 1.10 bits per heavy atom. The van der Waals surface area contributed by atoms with E-state index < -0.39 is 5.82 Å². The third-order valence-corrected chi connectivity index (χ3v) is 5.26. The molecule has 0 bridgehead atoms. The van der Waals surface area contributed by atoms with E-state index in [2.05, 4.69) is 32.6 Å². The second-order valence-electron chi connectivity index (χ2n) is 7.08. The monoisotopic (exact) mass is 422 g/mol. The molecular formula is C23H20ClFN4O. The Hall–Kier alpha value is -3.09. The van der Waals surface area contributed by atoms with Crippen molar-refractivity contribution in [1.82, 2.24) is 10.3 Å². The van der Waals surface area contributed by atoms with Crippen molar-refractivity contribution in [2.45, 2.75) is 19.4 Å². The zero-order valence-corrected chi connectivity index (χ0v) is 16.9. The summed E-state index contributed by atoms with van der Waals surface area (Å²) in [7, 11) is 0. The highest BCUT2D eigenvalue weighted by Crippen LogP contribution is 2.28. The molecule has 3 aromatic rings. The molecule has 0 unspecified atom stereocenters. The van der Waals surface area contributed by atoms with Crippen LogP contribution in [0.15, 0.2) is 70.9 Å². The van der Waals surface area contributed by atoms with Gasteiger partial charge < -0.3 is 10.5 Å². The van der Waals surface area contributed by atoms with E-state index in [1.54, 1.807) is 18.3 Å². The van der Waals surface area contributed by atoms with Crippen LogP contribution in [0.1, 0.15) is 22.3 Å². The number of nitrogens with one attached hydrogen (secondary N) is 1. The number of aliphatic imine (C=N–C) groups is 1. The minimum atomic E-state index is -0.478. The molecule has 0 saturated carbocycles. The van der Waals surface area contributed by atoms with Crippen molar-refractivity contribution in [3.05, 3.63) is 93.9 Å². The molecule has 1 aliphatic heterocycles. The summed E-state index contributed by atoms with van der Waals surface area (Å²) in [5, 5.41) is 16.6. The van der Waals surface area contributed by atoms with Gasteiger partial charge in [0.15, 0.2) is 5.82 Å². The smallest absolute Gasteiger partial charge is 0.156 e. The maximum Gasteiger partial charge on any atom is 0.156 e. The zero-order valence-electron chi connectivity index (χ0n) is 16.1. The number of hydrogen-bond donors (Lipinski definition) is 2. The van der Waals surface area contributed by atoms with E-state index in [0.29, 0.717) is 30.9 Å². The molecule has 5 nitrogen and oxygen atoms in total. The van der Waals surface area contributed by atoms with Gasteiger partial charge in [0, 0.05) is 49.0 Å². The molecule has 0 fully saturated rings. The highest BCUT2D eigenvalue weighted by atomic mass is 35.5. The van der Waals surface area contributed by atoms with Gasteiger partial charge in [-0.1, -0.05) is 53.2 Å². The van der Waals surface area contributed by atoms with E-state index in [1.165, 1.54) is 11.6 Å². The van der Waals surface area contributed by atoms with Gasteiger partial charge in [-0.05, 0) is 29.3 Å². The van der Waals surface area contributed by atoms with E-state index in [1.807, 2.05) is 24.3 Å². The highest BCUT2D eigenvalue weighted by Gasteiger charge is 2.22. The Morgan fingerprint density at radius 3 is 2.70 bits per heavy atom. The van der Waals surface area contributed by atoms with Gasteiger partial charge in [-0.3, -0.25) is 0 Å². The highest BCUT2D eigenvalue weighted by molar-refractivity contribution is 6.30. The van der Waals surface area contributed by atoms with Crippen LogP contribution < -0.4 is 5.32 Å². The van der Waals surface area contributed by atoms with Gasteiger partial charge in [-0.25, -0.2) is 14.4 Å². The molecule has 2 aromatic carbocycles. The number of pyridine rings is 1. The summed E-state index contributed by atoms with van der Waals surface area (Å²) in [6.45, 7) is 1.40. The van der Waals surface area contributed by atoms with E-state index in [0.717, 1.165) is 28.9 Å². The first kappa shape index (κ1) is 20.2.